The average molecular weight is 459 g/mol. The number of ether oxygens (including phenoxy) is 3. The molecular formula is C26H26N4O4. The number of nitrogens with zero attached hydrogens (tertiary/aromatic N) is 3. The molecule has 0 unspecified atom stereocenters. The van der Waals surface area contributed by atoms with E-state index in [1.807, 2.05) is 37.3 Å². The highest BCUT2D eigenvalue weighted by atomic mass is 16.6. The van der Waals surface area contributed by atoms with Crippen LogP contribution in [0.4, 0.5) is 11.4 Å². The van der Waals surface area contributed by atoms with Crippen LogP contribution in [0.1, 0.15) is 25.3 Å². The molecule has 2 aromatic carbocycles. The second kappa shape index (κ2) is 9.48. The standard InChI is InChI=1S/C26H26N4O4/c1-2-32-20-4-5-22-21(14-20)25(18(15-27)16-28-22)30-9-7-17(8-10-30)26(31)29-19-3-6-23-24(13-19)34-12-11-33-23/h3-6,13-14,16-17H,2,7-12H2,1H3,(H,29,31). The molecule has 0 atom stereocenters. The number of carbonyl (C=O) groups excluding carboxylic acids is 1. The SMILES string of the molecule is CCOc1ccc2ncc(C#N)c(N3CCC(C(=O)Nc4ccc5c(c4)OCCO5)CC3)c2c1. The molecule has 8 heteroatoms. The third kappa shape index (κ3) is 4.29. The van der Waals surface area contributed by atoms with Crippen molar-refractivity contribution in [2.75, 3.05) is 43.1 Å². The van der Waals surface area contributed by atoms with Crippen molar-refractivity contribution in [1.82, 2.24) is 4.98 Å². The van der Waals surface area contributed by atoms with Crippen LogP contribution in [0, 0.1) is 17.2 Å². The van der Waals surface area contributed by atoms with Gasteiger partial charge in [-0.15, -0.1) is 0 Å². The molecule has 0 radical (unpaired) electrons. The van der Waals surface area contributed by atoms with E-state index in [2.05, 4.69) is 21.3 Å². The molecule has 5 rings (SSSR count). The summed E-state index contributed by atoms with van der Waals surface area (Å²) in [6.07, 6.45) is 3.01. The van der Waals surface area contributed by atoms with Crippen molar-refractivity contribution in [3.63, 3.8) is 0 Å². The molecule has 2 aliphatic heterocycles. The first-order valence-electron chi connectivity index (χ1n) is 11.6. The Labute approximate surface area is 198 Å². The number of anilines is 2. The predicted octanol–water partition coefficient (Wildman–Crippen LogP) is 4.13. The molecule has 0 saturated carbocycles. The zero-order valence-corrected chi connectivity index (χ0v) is 19.0. The quantitative estimate of drug-likeness (QED) is 0.614. The summed E-state index contributed by atoms with van der Waals surface area (Å²) in [5.41, 5.74) is 2.91. The van der Waals surface area contributed by atoms with E-state index in [1.54, 1.807) is 12.3 Å². The first kappa shape index (κ1) is 21.8. The molecule has 0 aliphatic carbocycles. The highest BCUT2D eigenvalue weighted by Crippen LogP contribution is 2.36. The fraction of sp³-hybridized carbons (Fsp3) is 0.346. The third-order valence-electron chi connectivity index (χ3n) is 6.23. The van der Waals surface area contributed by atoms with E-state index in [0.29, 0.717) is 68.5 Å². The number of nitrogens with one attached hydrogen (secondary N) is 1. The molecule has 1 amide bonds. The predicted molar refractivity (Wildman–Crippen MR) is 129 cm³/mol. The van der Waals surface area contributed by atoms with Gasteiger partial charge in [0, 0.05) is 42.3 Å². The van der Waals surface area contributed by atoms with Crippen LogP contribution in [0.15, 0.2) is 42.6 Å². The summed E-state index contributed by atoms with van der Waals surface area (Å²) < 4.78 is 16.8. The van der Waals surface area contributed by atoms with Crippen molar-refractivity contribution in [3.8, 4) is 23.3 Å². The van der Waals surface area contributed by atoms with Gasteiger partial charge >= 0.3 is 0 Å². The van der Waals surface area contributed by atoms with Crippen molar-refractivity contribution in [3.05, 3.63) is 48.2 Å². The molecule has 1 N–H and O–H groups in total. The van der Waals surface area contributed by atoms with Gasteiger partial charge in [0.2, 0.25) is 5.91 Å². The molecule has 3 heterocycles. The number of benzene rings is 2. The van der Waals surface area contributed by atoms with Gasteiger partial charge in [0.1, 0.15) is 25.0 Å². The maximum Gasteiger partial charge on any atom is 0.227 e. The Kier molecular flexibility index (Phi) is 6.09. The van der Waals surface area contributed by atoms with Crippen LogP contribution in [0.5, 0.6) is 17.2 Å². The summed E-state index contributed by atoms with van der Waals surface area (Å²) in [7, 11) is 0. The maximum atomic E-state index is 13.0. The van der Waals surface area contributed by atoms with Gasteiger partial charge in [-0.05, 0) is 50.1 Å². The van der Waals surface area contributed by atoms with Gasteiger partial charge in [-0.2, -0.15) is 5.26 Å². The topological polar surface area (TPSA) is 96.7 Å². The molecular weight excluding hydrogens is 432 g/mol. The zero-order valence-electron chi connectivity index (χ0n) is 19.0. The van der Waals surface area contributed by atoms with Crippen molar-refractivity contribution in [2.24, 2.45) is 5.92 Å². The van der Waals surface area contributed by atoms with E-state index in [0.717, 1.165) is 22.3 Å². The van der Waals surface area contributed by atoms with Crippen LogP contribution in [0.25, 0.3) is 10.9 Å². The smallest absolute Gasteiger partial charge is 0.227 e. The molecule has 1 aromatic heterocycles. The summed E-state index contributed by atoms with van der Waals surface area (Å²) >= 11 is 0. The number of hydrogen-bond donors (Lipinski definition) is 1. The summed E-state index contributed by atoms with van der Waals surface area (Å²) in [5, 5.41) is 13.6. The average Bonchev–Trinajstić information content (AvgIpc) is 2.88. The van der Waals surface area contributed by atoms with Crippen molar-refractivity contribution >= 4 is 28.2 Å². The maximum absolute atomic E-state index is 13.0. The number of fused-ring (bicyclic) bond motifs is 2. The Balaban J connectivity index is 1.31. The molecule has 2 aliphatic rings. The molecule has 8 nitrogen and oxygen atoms in total. The van der Waals surface area contributed by atoms with Gasteiger partial charge in [-0.3, -0.25) is 9.78 Å². The van der Waals surface area contributed by atoms with E-state index in [4.69, 9.17) is 14.2 Å². The number of aromatic nitrogens is 1. The highest BCUT2D eigenvalue weighted by molar-refractivity contribution is 5.96. The molecule has 0 spiro atoms. The number of rotatable bonds is 5. The van der Waals surface area contributed by atoms with E-state index < -0.39 is 0 Å². The summed E-state index contributed by atoms with van der Waals surface area (Å²) in [6.45, 7) is 4.89. The Morgan fingerprint density at radius 1 is 1.18 bits per heavy atom. The lowest BCUT2D eigenvalue weighted by Gasteiger charge is -2.34. The largest absolute Gasteiger partial charge is 0.494 e. The van der Waals surface area contributed by atoms with E-state index in [9.17, 15) is 10.1 Å². The minimum Gasteiger partial charge on any atom is -0.494 e. The lowest BCUT2D eigenvalue weighted by molar-refractivity contribution is -0.120. The van der Waals surface area contributed by atoms with Gasteiger partial charge in [0.25, 0.3) is 0 Å². The third-order valence-corrected chi connectivity index (χ3v) is 6.23. The van der Waals surface area contributed by atoms with Gasteiger partial charge in [-0.25, -0.2) is 0 Å². The minimum absolute atomic E-state index is 0.00458. The zero-order chi connectivity index (χ0) is 23.5. The fourth-order valence-electron chi connectivity index (χ4n) is 4.57. The first-order chi connectivity index (χ1) is 16.7. The normalized spacial score (nSPS) is 15.6. The lowest BCUT2D eigenvalue weighted by atomic mass is 9.94. The molecule has 1 fully saturated rings. The number of amides is 1. The van der Waals surface area contributed by atoms with E-state index in [-0.39, 0.29) is 11.8 Å². The molecule has 34 heavy (non-hydrogen) atoms. The summed E-state index contributed by atoms with van der Waals surface area (Å²) in [6, 6.07) is 13.5. The number of pyridine rings is 1. The van der Waals surface area contributed by atoms with Crippen LogP contribution >= 0.6 is 0 Å². The lowest BCUT2D eigenvalue weighted by Crippen LogP contribution is -2.38. The summed E-state index contributed by atoms with van der Waals surface area (Å²) in [5.74, 6) is 1.99. The summed E-state index contributed by atoms with van der Waals surface area (Å²) in [4.78, 5) is 19.6. The number of carbonyl (C=O) groups is 1. The highest BCUT2D eigenvalue weighted by Gasteiger charge is 2.28. The minimum atomic E-state index is -0.109. The Morgan fingerprint density at radius 2 is 1.97 bits per heavy atom. The Bertz CT molecular complexity index is 1260. The fourth-order valence-corrected chi connectivity index (χ4v) is 4.57. The Hall–Kier alpha value is -3.99. The monoisotopic (exact) mass is 458 g/mol. The van der Waals surface area contributed by atoms with E-state index in [1.165, 1.54) is 0 Å². The van der Waals surface area contributed by atoms with Crippen molar-refractivity contribution < 1.29 is 19.0 Å². The second-order valence-corrected chi connectivity index (χ2v) is 8.35. The number of nitriles is 1. The van der Waals surface area contributed by atoms with Gasteiger partial charge in [-0.1, -0.05) is 0 Å². The van der Waals surface area contributed by atoms with Gasteiger partial charge in [0.15, 0.2) is 11.5 Å². The van der Waals surface area contributed by atoms with Crippen LogP contribution in [-0.2, 0) is 4.79 Å². The van der Waals surface area contributed by atoms with Gasteiger partial charge in [0.05, 0.1) is 23.4 Å². The van der Waals surface area contributed by atoms with Crippen LogP contribution in [0.2, 0.25) is 0 Å². The first-order valence-corrected chi connectivity index (χ1v) is 11.6. The van der Waals surface area contributed by atoms with Gasteiger partial charge < -0.3 is 24.4 Å². The Morgan fingerprint density at radius 3 is 2.74 bits per heavy atom. The number of hydrogen-bond acceptors (Lipinski definition) is 7. The van der Waals surface area contributed by atoms with Crippen LogP contribution in [0.3, 0.4) is 0 Å². The van der Waals surface area contributed by atoms with Crippen LogP contribution in [-0.4, -0.2) is 43.8 Å². The van der Waals surface area contributed by atoms with Crippen molar-refractivity contribution in [1.29, 1.82) is 5.26 Å². The van der Waals surface area contributed by atoms with E-state index >= 15 is 0 Å². The van der Waals surface area contributed by atoms with Crippen LogP contribution < -0.4 is 24.4 Å². The molecule has 174 valence electrons. The van der Waals surface area contributed by atoms with Crippen molar-refractivity contribution in [2.45, 2.75) is 19.8 Å². The molecule has 1 saturated heterocycles. The molecule has 3 aromatic rings. The number of piperidine rings is 1. The molecule has 0 bridgehead atoms. The second-order valence-electron chi connectivity index (χ2n) is 8.35.